The fourth-order valence-electron chi connectivity index (χ4n) is 1.53. The van der Waals surface area contributed by atoms with Gasteiger partial charge in [-0.15, -0.1) is 0 Å². The molecule has 0 aliphatic heterocycles. The lowest BCUT2D eigenvalue weighted by atomic mass is 10.0. The Balaban J connectivity index is 2.40. The van der Waals surface area contributed by atoms with Crippen molar-refractivity contribution in [1.29, 1.82) is 0 Å². The maximum absolute atomic E-state index is 11.2. The fraction of sp³-hybridized carbons (Fsp3) is 0.462. The quantitative estimate of drug-likeness (QED) is 0.724. The second-order valence-corrected chi connectivity index (χ2v) is 3.88. The van der Waals surface area contributed by atoms with Crippen molar-refractivity contribution in [1.82, 2.24) is 5.32 Å². The minimum atomic E-state index is 0.0140. The third kappa shape index (κ3) is 4.52. The average molecular weight is 215 g/mol. The van der Waals surface area contributed by atoms with Gasteiger partial charge in [0.25, 0.3) is 0 Å². The van der Waals surface area contributed by atoms with Gasteiger partial charge in [-0.2, -0.15) is 0 Å². The van der Waals surface area contributed by atoms with E-state index in [0.717, 1.165) is 18.4 Å². The molecule has 1 rings (SSSR count). The lowest BCUT2D eigenvalue weighted by Gasteiger charge is -2.05. The standard InChI is InChI=1S/C13H18BNO/c1-2-3-11-4-6-12(7-5-11)10-15-13(16)8-9-14/h4-7H,2-3,8-10H2,1H3,(H,15,16). The van der Waals surface area contributed by atoms with E-state index in [4.69, 9.17) is 7.85 Å². The minimum Gasteiger partial charge on any atom is -0.352 e. The number of aryl methyl sites for hydroxylation is 1. The van der Waals surface area contributed by atoms with Crippen LogP contribution < -0.4 is 5.32 Å². The molecule has 0 fully saturated rings. The van der Waals surface area contributed by atoms with E-state index in [2.05, 4.69) is 36.5 Å². The second-order valence-electron chi connectivity index (χ2n) is 3.88. The lowest BCUT2D eigenvalue weighted by Crippen LogP contribution is -2.22. The summed E-state index contributed by atoms with van der Waals surface area (Å²) in [5, 5.41) is 2.83. The van der Waals surface area contributed by atoms with Gasteiger partial charge in [-0.3, -0.25) is 4.79 Å². The van der Waals surface area contributed by atoms with Crippen LogP contribution in [0.15, 0.2) is 24.3 Å². The highest BCUT2D eigenvalue weighted by molar-refractivity contribution is 6.09. The fourth-order valence-corrected chi connectivity index (χ4v) is 1.53. The van der Waals surface area contributed by atoms with Crippen LogP contribution >= 0.6 is 0 Å². The molecule has 0 aromatic heterocycles. The predicted octanol–water partition coefficient (Wildman–Crippen LogP) is 2.23. The molecule has 0 heterocycles. The Morgan fingerprint density at radius 2 is 1.88 bits per heavy atom. The van der Waals surface area contributed by atoms with E-state index in [1.165, 1.54) is 5.56 Å². The first-order valence-corrected chi connectivity index (χ1v) is 5.81. The van der Waals surface area contributed by atoms with Crippen molar-refractivity contribution in [2.45, 2.75) is 39.1 Å². The zero-order valence-electron chi connectivity index (χ0n) is 9.83. The maximum atomic E-state index is 11.2. The number of hydrogen-bond acceptors (Lipinski definition) is 1. The van der Waals surface area contributed by atoms with Crippen LogP contribution in [0.2, 0.25) is 6.32 Å². The third-order valence-electron chi connectivity index (χ3n) is 2.42. The molecule has 0 aliphatic carbocycles. The van der Waals surface area contributed by atoms with Gasteiger partial charge in [0.05, 0.1) is 7.85 Å². The van der Waals surface area contributed by atoms with Crippen LogP contribution in [-0.4, -0.2) is 13.8 Å². The van der Waals surface area contributed by atoms with Crippen molar-refractivity contribution in [2.75, 3.05) is 0 Å². The third-order valence-corrected chi connectivity index (χ3v) is 2.42. The normalized spacial score (nSPS) is 10.1. The summed E-state index contributed by atoms with van der Waals surface area (Å²) < 4.78 is 0. The van der Waals surface area contributed by atoms with Gasteiger partial charge in [0.2, 0.25) is 5.91 Å². The van der Waals surface area contributed by atoms with Crippen LogP contribution in [0.5, 0.6) is 0 Å². The average Bonchev–Trinajstić information content (AvgIpc) is 2.29. The zero-order chi connectivity index (χ0) is 11.8. The molecule has 1 N–H and O–H groups in total. The molecule has 84 valence electrons. The molecule has 0 saturated heterocycles. The smallest absolute Gasteiger partial charge is 0.219 e. The first-order valence-electron chi connectivity index (χ1n) is 5.81. The van der Waals surface area contributed by atoms with Crippen molar-refractivity contribution < 1.29 is 4.79 Å². The molecule has 3 heteroatoms. The maximum Gasteiger partial charge on any atom is 0.219 e. The second kappa shape index (κ2) is 7.10. The number of carbonyl (C=O) groups is 1. The van der Waals surface area contributed by atoms with Crippen LogP contribution in [0.4, 0.5) is 0 Å². The molecule has 1 aromatic carbocycles. The largest absolute Gasteiger partial charge is 0.352 e. The number of rotatable bonds is 6. The first kappa shape index (κ1) is 12.8. The number of benzene rings is 1. The van der Waals surface area contributed by atoms with E-state index >= 15 is 0 Å². The lowest BCUT2D eigenvalue weighted by molar-refractivity contribution is -0.120. The summed E-state index contributed by atoms with van der Waals surface area (Å²) in [6, 6.07) is 8.36. The van der Waals surface area contributed by atoms with Gasteiger partial charge in [0.15, 0.2) is 0 Å². The summed E-state index contributed by atoms with van der Waals surface area (Å²) in [7, 11) is 5.29. The minimum absolute atomic E-state index is 0.0140. The van der Waals surface area contributed by atoms with Gasteiger partial charge in [0.1, 0.15) is 0 Å². The molecule has 1 amide bonds. The van der Waals surface area contributed by atoms with Gasteiger partial charge in [0, 0.05) is 13.0 Å². The van der Waals surface area contributed by atoms with E-state index < -0.39 is 0 Å². The summed E-state index contributed by atoms with van der Waals surface area (Å²) >= 11 is 0. The van der Waals surface area contributed by atoms with Crippen LogP contribution in [0, 0.1) is 0 Å². The molecule has 2 radical (unpaired) electrons. The molecule has 2 nitrogen and oxygen atoms in total. The number of nitrogens with one attached hydrogen (secondary N) is 1. The van der Waals surface area contributed by atoms with Crippen LogP contribution in [0.3, 0.4) is 0 Å². The Morgan fingerprint density at radius 1 is 1.25 bits per heavy atom. The Labute approximate surface area is 98.8 Å². The highest BCUT2D eigenvalue weighted by Crippen LogP contribution is 2.06. The van der Waals surface area contributed by atoms with Crippen LogP contribution in [0.1, 0.15) is 30.9 Å². The Bertz CT molecular complexity index is 321. The SMILES string of the molecule is [B]CCC(=O)NCc1ccc(CCC)cc1. The first-order chi connectivity index (χ1) is 7.76. The molecular weight excluding hydrogens is 197 g/mol. The molecule has 1 aromatic rings. The van der Waals surface area contributed by atoms with E-state index in [-0.39, 0.29) is 5.91 Å². The van der Waals surface area contributed by atoms with E-state index in [9.17, 15) is 4.79 Å². The highest BCUT2D eigenvalue weighted by Gasteiger charge is 1.99. The topological polar surface area (TPSA) is 29.1 Å². The number of hydrogen-bond donors (Lipinski definition) is 1. The van der Waals surface area contributed by atoms with Crippen molar-refractivity contribution in [3.63, 3.8) is 0 Å². The summed E-state index contributed by atoms with van der Waals surface area (Å²) in [5.41, 5.74) is 2.48. The molecule has 0 bridgehead atoms. The predicted molar refractivity (Wildman–Crippen MR) is 67.5 cm³/mol. The van der Waals surface area contributed by atoms with Crippen molar-refractivity contribution in [3.05, 3.63) is 35.4 Å². The van der Waals surface area contributed by atoms with Crippen LogP contribution in [0.25, 0.3) is 0 Å². The summed E-state index contributed by atoms with van der Waals surface area (Å²) in [4.78, 5) is 11.2. The summed E-state index contributed by atoms with van der Waals surface area (Å²) in [6.07, 6.45) is 3.07. The molecule has 0 unspecified atom stereocenters. The molecule has 0 saturated carbocycles. The summed E-state index contributed by atoms with van der Waals surface area (Å²) in [5.74, 6) is 0.0140. The summed E-state index contributed by atoms with van der Waals surface area (Å²) in [6.45, 7) is 2.76. The van der Waals surface area contributed by atoms with Gasteiger partial charge >= 0.3 is 0 Å². The van der Waals surface area contributed by atoms with Gasteiger partial charge in [-0.05, 0) is 17.5 Å². The highest BCUT2D eigenvalue weighted by atomic mass is 16.1. The Hall–Kier alpha value is -1.25. The number of carbonyl (C=O) groups excluding carboxylic acids is 1. The van der Waals surface area contributed by atoms with Gasteiger partial charge in [-0.25, -0.2) is 0 Å². The monoisotopic (exact) mass is 215 g/mol. The molecule has 16 heavy (non-hydrogen) atoms. The molecular formula is C13H18BNO. The van der Waals surface area contributed by atoms with E-state index in [1.54, 1.807) is 0 Å². The molecule has 0 spiro atoms. The number of amides is 1. The van der Waals surface area contributed by atoms with Crippen molar-refractivity contribution in [3.8, 4) is 0 Å². The zero-order valence-corrected chi connectivity index (χ0v) is 9.83. The molecule has 0 atom stereocenters. The van der Waals surface area contributed by atoms with Crippen LogP contribution in [-0.2, 0) is 17.8 Å². The van der Waals surface area contributed by atoms with E-state index in [1.807, 2.05) is 0 Å². The Kier molecular flexibility index (Phi) is 5.69. The van der Waals surface area contributed by atoms with Crippen molar-refractivity contribution >= 4 is 13.8 Å². The Morgan fingerprint density at radius 3 is 2.44 bits per heavy atom. The van der Waals surface area contributed by atoms with Crippen molar-refractivity contribution in [2.24, 2.45) is 0 Å². The molecule has 0 aliphatic rings. The van der Waals surface area contributed by atoms with Gasteiger partial charge < -0.3 is 5.32 Å². The van der Waals surface area contributed by atoms with E-state index in [0.29, 0.717) is 19.3 Å². The van der Waals surface area contributed by atoms with Gasteiger partial charge in [-0.1, -0.05) is 43.9 Å².